The lowest BCUT2D eigenvalue weighted by Gasteiger charge is -2.05. The van der Waals surface area contributed by atoms with Crippen molar-refractivity contribution in [1.29, 1.82) is 0 Å². The fourth-order valence-electron chi connectivity index (χ4n) is 1.72. The summed E-state index contributed by atoms with van der Waals surface area (Å²) in [5.41, 5.74) is 0.526. The predicted octanol–water partition coefficient (Wildman–Crippen LogP) is 1.91. The van der Waals surface area contributed by atoms with Gasteiger partial charge in [0.25, 0.3) is 10.0 Å². The number of hydrogen-bond donors (Lipinski definition) is 2. The first kappa shape index (κ1) is 16.5. The summed E-state index contributed by atoms with van der Waals surface area (Å²) in [5.74, 6) is -1.23. The van der Waals surface area contributed by atoms with Crippen LogP contribution in [0.15, 0.2) is 51.8 Å². The minimum Gasteiger partial charge on any atom is -0.504 e. The topological polar surface area (TPSA) is 113 Å². The number of carboxylic acids is 1. The summed E-state index contributed by atoms with van der Waals surface area (Å²) >= 11 is 0. The number of aromatic hydroxyl groups is 1. The summed E-state index contributed by atoms with van der Waals surface area (Å²) in [6.45, 7) is 0. The molecule has 2 N–H and O–H groups in total. The monoisotopic (exact) mass is 335 g/mol. The summed E-state index contributed by atoms with van der Waals surface area (Å²) in [4.78, 5) is 10.6. The van der Waals surface area contributed by atoms with Gasteiger partial charge in [-0.05, 0) is 29.8 Å². The summed E-state index contributed by atoms with van der Waals surface area (Å²) in [5, 5.41) is 18.3. The molecule has 2 aromatic carbocycles. The van der Waals surface area contributed by atoms with Gasteiger partial charge in [-0.1, -0.05) is 12.1 Å². The minimum atomic E-state index is -3.97. The van der Waals surface area contributed by atoms with Gasteiger partial charge in [-0.3, -0.25) is 0 Å². The fourth-order valence-corrected chi connectivity index (χ4v) is 2.60. The van der Waals surface area contributed by atoms with Crippen LogP contribution in [0.4, 0.5) is 0 Å². The Morgan fingerprint density at radius 2 is 1.83 bits per heavy atom. The number of carboxylic acid groups (broad SMARTS) is 1. The highest BCUT2D eigenvalue weighted by molar-refractivity contribution is 7.90. The molecule has 0 aliphatic rings. The average Bonchev–Trinajstić information content (AvgIpc) is 2.53. The number of benzene rings is 2. The Morgan fingerprint density at radius 1 is 1.17 bits per heavy atom. The lowest BCUT2D eigenvalue weighted by atomic mass is 10.1. The highest BCUT2D eigenvalue weighted by atomic mass is 32.2. The third-order valence-electron chi connectivity index (χ3n) is 2.95. The molecule has 0 atom stereocenters. The Labute approximate surface area is 132 Å². The molecule has 0 heterocycles. The molecule has 0 spiro atoms. The van der Waals surface area contributed by atoms with Crippen molar-refractivity contribution in [2.75, 3.05) is 7.11 Å². The molecule has 0 bridgehead atoms. The van der Waals surface area contributed by atoms with Gasteiger partial charge in [0.15, 0.2) is 11.5 Å². The number of carbonyl (C=O) groups is 1. The van der Waals surface area contributed by atoms with Crippen LogP contribution in [-0.4, -0.2) is 37.9 Å². The smallest absolute Gasteiger partial charge is 0.335 e. The van der Waals surface area contributed by atoms with Gasteiger partial charge < -0.3 is 14.9 Å². The third-order valence-corrected chi connectivity index (χ3v) is 4.18. The predicted molar refractivity (Wildman–Crippen MR) is 82.8 cm³/mol. The van der Waals surface area contributed by atoms with Crippen LogP contribution < -0.4 is 4.74 Å². The van der Waals surface area contributed by atoms with Crippen LogP contribution in [0.5, 0.6) is 11.5 Å². The zero-order valence-electron chi connectivity index (χ0n) is 12.0. The molecule has 0 aliphatic heterocycles. The van der Waals surface area contributed by atoms with Gasteiger partial charge >= 0.3 is 5.97 Å². The molecule has 2 aromatic rings. The van der Waals surface area contributed by atoms with Gasteiger partial charge in [0, 0.05) is 12.3 Å². The number of phenolic OH excluding ortho intramolecular Hbond substituents is 1. The quantitative estimate of drug-likeness (QED) is 0.807. The molecule has 0 aliphatic carbocycles. The van der Waals surface area contributed by atoms with Gasteiger partial charge in [0.1, 0.15) is 0 Å². The van der Waals surface area contributed by atoms with Gasteiger partial charge in [-0.25, -0.2) is 4.79 Å². The minimum absolute atomic E-state index is 0.0205. The molecule has 7 nitrogen and oxygen atoms in total. The highest BCUT2D eigenvalue weighted by Crippen LogP contribution is 2.28. The first-order chi connectivity index (χ1) is 10.8. The van der Waals surface area contributed by atoms with E-state index in [2.05, 4.69) is 4.40 Å². The van der Waals surface area contributed by atoms with Crippen molar-refractivity contribution in [3.8, 4) is 11.5 Å². The van der Waals surface area contributed by atoms with E-state index in [1.807, 2.05) is 0 Å². The molecule has 0 aromatic heterocycles. The van der Waals surface area contributed by atoms with Crippen LogP contribution in [0.1, 0.15) is 15.9 Å². The molecule has 0 saturated heterocycles. The maximum absolute atomic E-state index is 12.1. The van der Waals surface area contributed by atoms with Crippen LogP contribution in [-0.2, 0) is 10.0 Å². The fraction of sp³-hybridized carbons (Fsp3) is 0.0667. The van der Waals surface area contributed by atoms with E-state index < -0.39 is 16.0 Å². The maximum Gasteiger partial charge on any atom is 0.335 e. The number of sulfonamides is 1. The lowest BCUT2D eigenvalue weighted by molar-refractivity contribution is 0.0697. The number of aromatic carboxylic acids is 1. The van der Waals surface area contributed by atoms with E-state index in [0.717, 1.165) is 12.3 Å². The van der Waals surface area contributed by atoms with Crippen molar-refractivity contribution < 1.29 is 28.2 Å². The Morgan fingerprint density at radius 3 is 2.39 bits per heavy atom. The first-order valence-corrected chi connectivity index (χ1v) is 7.78. The number of nitrogens with zero attached hydrogens (tertiary/aromatic N) is 1. The van der Waals surface area contributed by atoms with Crippen LogP contribution in [0.2, 0.25) is 0 Å². The summed E-state index contributed by atoms with van der Waals surface area (Å²) in [6.07, 6.45) is 1.11. The average molecular weight is 335 g/mol. The molecule has 0 fully saturated rings. The largest absolute Gasteiger partial charge is 0.504 e. The summed E-state index contributed by atoms with van der Waals surface area (Å²) in [7, 11) is -2.67. The van der Waals surface area contributed by atoms with E-state index in [9.17, 15) is 18.3 Å². The molecule has 8 heteroatoms. The van der Waals surface area contributed by atoms with E-state index in [-0.39, 0.29) is 22.0 Å². The van der Waals surface area contributed by atoms with Crippen molar-refractivity contribution in [2.45, 2.75) is 4.90 Å². The molecular weight excluding hydrogens is 322 g/mol. The molecule has 0 amide bonds. The second-order valence-corrected chi connectivity index (χ2v) is 6.10. The van der Waals surface area contributed by atoms with E-state index in [0.29, 0.717) is 5.56 Å². The number of methoxy groups -OCH3 is 1. The van der Waals surface area contributed by atoms with Crippen molar-refractivity contribution in [1.82, 2.24) is 0 Å². The second-order valence-electron chi connectivity index (χ2n) is 4.47. The Balaban J connectivity index is 2.28. The van der Waals surface area contributed by atoms with Gasteiger partial charge in [-0.2, -0.15) is 12.8 Å². The SMILES string of the molecule is COc1cc(S(=O)(=O)/N=C/c2ccc(C(=O)O)cc2)ccc1O. The maximum atomic E-state index is 12.1. The molecule has 0 radical (unpaired) electrons. The van der Waals surface area contributed by atoms with Crippen LogP contribution in [0.25, 0.3) is 0 Å². The normalized spacial score (nSPS) is 11.5. The molecule has 0 unspecified atom stereocenters. The second kappa shape index (κ2) is 6.49. The molecule has 0 saturated carbocycles. The van der Waals surface area contributed by atoms with E-state index in [1.165, 1.54) is 43.5 Å². The zero-order chi connectivity index (χ0) is 17.0. The Hall–Kier alpha value is -2.87. The Kier molecular flexibility index (Phi) is 4.65. The molecule has 2 rings (SSSR count). The van der Waals surface area contributed by atoms with Crippen LogP contribution >= 0.6 is 0 Å². The van der Waals surface area contributed by atoms with E-state index in [4.69, 9.17) is 9.84 Å². The van der Waals surface area contributed by atoms with Crippen molar-refractivity contribution >= 4 is 22.2 Å². The van der Waals surface area contributed by atoms with Gasteiger partial charge in [-0.15, -0.1) is 0 Å². The first-order valence-electron chi connectivity index (χ1n) is 6.34. The standard InChI is InChI=1S/C15H13NO6S/c1-22-14-8-12(6-7-13(14)17)23(20,21)16-9-10-2-4-11(5-3-10)15(18)19/h2-9,17H,1H3,(H,18,19)/b16-9+. The lowest BCUT2D eigenvalue weighted by Crippen LogP contribution is -1.99. The van der Waals surface area contributed by atoms with Crippen molar-refractivity contribution in [2.24, 2.45) is 4.40 Å². The van der Waals surface area contributed by atoms with Crippen LogP contribution in [0, 0.1) is 0 Å². The van der Waals surface area contributed by atoms with Crippen molar-refractivity contribution in [3.05, 3.63) is 53.6 Å². The van der Waals surface area contributed by atoms with Gasteiger partial charge in [0.2, 0.25) is 0 Å². The number of phenols is 1. The van der Waals surface area contributed by atoms with E-state index in [1.54, 1.807) is 0 Å². The number of rotatable bonds is 5. The van der Waals surface area contributed by atoms with Crippen molar-refractivity contribution in [3.63, 3.8) is 0 Å². The number of ether oxygens (including phenoxy) is 1. The van der Waals surface area contributed by atoms with Crippen LogP contribution in [0.3, 0.4) is 0 Å². The Bertz CT molecular complexity index is 856. The molecular formula is C15H13NO6S. The third kappa shape index (κ3) is 3.86. The van der Waals surface area contributed by atoms with Gasteiger partial charge in [0.05, 0.1) is 17.6 Å². The zero-order valence-corrected chi connectivity index (χ0v) is 12.8. The summed E-state index contributed by atoms with van der Waals surface area (Å²) in [6, 6.07) is 9.15. The summed E-state index contributed by atoms with van der Waals surface area (Å²) < 4.78 is 32.7. The highest BCUT2D eigenvalue weighted by Gasteiger charge is 2.15. The molecule has 23 heavy (non-hydrogen) atoms. The number of hydrogen-bond acceptors (Lipinski definition) is 5. The molecule has 120 valence electrons. The van der Waals surface area contributed by atoms with E-state index >= 15 is 0 Å².